The highest BCUT2D eigenvalue weighted by Gasteiger charge is 2.21. The molecule has 1 rings (SSSR count). The lowest BCUT2D eigenvalue weighted by molar-refractivity contribution is -0.142. The summed E-state index contributed by atoms with van der Waals surface area (Å²) in [5, 5.41) is 0. The van der Waals surface area contributed by atoms with E-state index in [4.69, 9.17) is 9.47 Å². The van der Waals surface area contributed by atoms with Crippen molar-refractivity contribution >= 4 is 5.97 Å². The van der Waals surface area contributed by atoms with Crippen LogP contribution in [0.2, 0.25) is 0 Å². The summed E-state index contributed by atoms with van der Waals surface area (Å²) in [6.07, 6.45) is 4.91. The van der Waals surface area contributed by atoms with E-state index < -0.39 is 0 Å². The van der Waals surface area contributed by atoms with Gasteiger partial charge in [0.15, 0.2) is 0 Å². The van der Waals surface area contributed by atoms with Crippen molar-refractivity contribution in [2.24, 2.45) is 5.92 Å². The molecule has 0 heterocycles. The number of carbonyl (C=O) groups excluding carboxylic acids is 1. The molecule has 0 spiro atoms. The second-order valence-electron chi connectivity index (χ2n) is 3.90. The van der Waals surface area contributed by atoms with Crippen LogP contribution in [-0.4, -0.2) is 25.3 Å². The number of hydrogen-bond acceptors (Lipinski definition) is 3. The van der Waals surface area contributed by atoms with E-state index in [-0.39, 0.29) is 5.97 Å². The molecule has 0 N–H and O–H groups in total. The molecule has 3 nitrogen and oxygen atoms in total. The Labute approximate surface area is 85.8 Å². The van der Waals surface area contributed by atoms with Gasteiger partial charge < -0.3 is 9.47 Å². The Morgan fingerprint density at radius 1 is 1.29 bits per heavy atom. The zero-order valence-electron chi connectivity index (χ0n) is 9.12. The summed E-state index contributed by atoms with van der Waals surface area (Å²) < 4.78 is 10.5. The minimum Gasteiger partial charge on any atom is -0.466 e. The first kappa shape index (κ1) is 11.5. The minimum atomic E-state index is -0.170. The molecule has 14 heavy (non-hydrogen) atoms. The van der Waals surface area contributed by atoms with Crippen molar-refractivity contribution < 1.29 is 14.3 Å². The average molecular weight is 200 g/mol. The van der Waals surface area contributed by atoms with Gasteiger partial charge in [0.1, 0.15) is 0 Å². The van der Waals surface area contributed by atoms with Gasteiger partial charge in [-0.2, -0.15) is 0 Å². The molecule has 3 heteroatoms. The minimum absolute atomic E-state index is 0.170. The smallest absolute Gasteiger partial charge is 0.302 e. The van der Waals surface area contributed by atoms with E-state index in [0.717, 1.165) is 32.3 Å². The van der Waals surface area contributed by atoms with Crippen LogP contribution in [0.3, 0.4) is 0 Å². The van der Waals surface area contributed by atoms with E-state index in [1.54, 1.807) is 0 Å². The Hall–Kier alpha value is -0.570. The molecule has 1 aliphatic carbocycles. The highest BCUT2D eigenvalue weighted by atomic mass is 16.5. The van der Waals surface area contributed by atoms with Crippen molar-refractivity contribution in [1.29, 1.82) is 0 Å². The molecule has 1 saturated carbocycles. The van der Waals surface area contributed by atoms with Crippen LogP contribution in [0, 0.1) is 5.92 Å². The number of ether oxygens (including phenoxy) is 2. The van der Waals surface area contributed by atoms with Crippen molar-refractivity contribution in [2.75, 3.05) is 13.2 Å². The number of rotatable bonds is 4. The number of hydrogen-bond donors (Lipinski definition) is 0. The maximum absolute atomic E-state index is 10.6. The lowest BCUT2D eigenvalue weighted by Crippen LogP contribution is -2.24. The number of esters is 1. The van der Waals surface area contributed by atoms with E-state index >= 15 is 0 Å². The molecule has 1 fully saturated rings. The predicted octanol–water partition coefficient (Wildman–Crippen LogP) is 2.14. The zero-order chi connectivity index (χ0) is 10.4. The second kappa shape index (κ2) is 6.02. The van der Waals surface area contributed by atoms with Crippen molar-refractivity contribution in [1.82, 2.24) is 0 Å². The van der Waals surface area contributed by atoms with Crippen molar-refractivity contribution in [2.45, 2.75) is 45.6 Å². The van der Waals surface area contributed by atoms with Crippen molar-refractivity contribution in [3.05, 3.63) is 0 Å². The fourth-order valence-electron chi connectivity index (χ4n) is 1.94. The van der Waals surface area contributed by atoms with Gasteiger partial charge in [0.25, 0.3) is 0 Å². The van der Waals surface area contributed by atoms with Crippen LogP contribution in [0.15, 0.2) is 0 Å². The number of carbonyl (C=O) groups is 1. The molecule has 1 aliphatic rings. The highest BCUT2D eigenvalue weighted by molar-refractivity contribution is 5.65. The second-order valence-corrected chi connectivity index (χ2v) is 3.90. The average Bonchev–Trinajstić information content (AvgIpc) is 2.17. The molecule has 0 aromatic carbocycles. The lowest BCUT2D eigenvalue weighted by atomic mass is 9.88. The van der Waals surface area contributed by atoms with Crippen LogP contribution in [-0.2, 0) is 14.3 Å². The third kappa shape index (κ3) is 4.09. The van der Waals surface area contributed by atoms with Crippen molar-refractivity contribution in [3.8, 4) is 0 Å². The van der Waals surface area contributed by atoms with Crippen LogP contribution >= 0.6 is 0 Å². The van der Waals surface area contributed by atoms with E-state index in [2.05, 4.69) is 0 Å². The summed E-state index contributed by atoms with van der Waals surface area (Å²) in [6, 6.07) is 0. The van der Waals surface area contributed by atoms with Crippen LogP contribution in [0.25, 0.3) is 0 Å². The quantitative estimate of drug-likeness (QED) is 0.652. The predicted molar refractivity (Wildman–Crippen MR) is 54.0 cm³/mol. The molecule has 0 aliphatic heterocycles. The Bertz CT molecular complexity index is 171. The highest BCUT2D eigenvalue weighted by Crippen LogP contribution is 2.26. The van der Waals surface area contributed by atoms with E-state index in [1.807, 2.05) is 6.92 Å². The molecule has 0 aromatic heterocycles. The van der Waals surface area contributed by atoms with Crippen LogP contribution in [0.1, 0.15) is 39.5 Å². The monoisotopic (exact) mass is 200 g/mol. The van der Waals surface area contributed by atoms with E-state index in [1.165, 1.54) is 6.92 Å². The first-order valence-electron chi connectivity index (χ1n) is 5.47. The van der Waals surface area contributed by atoms with Crippen LogP contribution in [0.4, 0.5) is 0 Å². The summed E-state index contributed by atoms with van der Waals surface area (Å²) in [6.45, 7) is 4.89. The molecule has 0 bridgehead atoms. The molecular formula is C11H20O3. The van der Waals surface area contributed by atoms with Gasteiger partial charge in [-0.15, -0.1) is 0 Å². The molecule has 0 radical (unpaired) electrons. The van der Waals surface area contributed by atoms with Gasteiger partial charge in [0.05, 0.1) is 12.7 Å². The van der Waals surface area contributed by atoms with Crippen molar-refractivity contribution in [3.63, 3.8) is 0 Å². The lowest BCUT2D eigenvalue weighted by Gasteiger charge is -2.27. The fraction of sp³-hybridized carbons (Fsp3) is 0.909. The maximum Gasteiger partial charge on any atom is 0.302 e. The first-order chi connectivity index (χ1) is 6.72. The topological polar surface area (TPSA) is 35.5 Å². The van der Waals surface area contributed by atoms with Gasteiger partial charge in [-0.1, -0.05) is 0 Å². The van der Waals surface area contributed by atoms with Gasteiger partial charge in [0.2, 0.25) is 0 Å². The summed E-state index contributed by atoms with van der Waals surface area (Å²) in [7, 11) is 0. The molecule has 0 saturated heterocycles. The third-order valence-electron chi connectivity index (χ3n) is 2.72. The summed E-state index contributed by atoms with van der Waals surface area (Å²) in [5.74, 6) is 0.382. The van der Waals surface area contributed by atoms with Gasteiger partial charge in [-0.05, 0) is 38.5 Å². The molecule has 0 aromatic rings. The first-order valence-corrected chi connectivity index (χ1v) is 5.47. The van der Waals surface area contributed by atoms with Gasteiger partial charge in [0, 0.05) is 13.5 Å². The SMILES string of the molecule is CCOC1CCC(COC(C)=O)CC1. The Morgan fingerprint density at radius 3 is 2.43 bits per heavy atom. The third-order valence-corrected chi connectivity index (χ3v) is 2.72. The Kier molecular flexibility index (Phi) is 4.94. The van der Waals surface area contributed by atoms with Gasteiger partial charge >= 0.3 is 5.97 Å². The summed E-state index contributed by atoms with van der Waals surface area (Å²) >= 11 is 0. The van der Waals surface area contributed by atoms with E-state index in [0.29, 0.717) is 18.6 Å². The normalized spacial score (nSPS) is 27.3. The van der Waals surface area contributed by atoms with Gasteiger partial charge in [-0.3, -0.25) is 4.79 Å². The summed E-state index contributed by atoms with van der Waals surface area (Å²) in [5.41, 5.74) is 0. The standard InChI is InChI=1S/C11H20O3/c1-3-13-11-6-4-10(5-7-11)8-14-9(2)12/h10-11H,3-8H2,1-2H3. The largest absolute Gasteiger partial charge is 0.466 e. The zero-order valence-corrected chi connectivity index (χ0v) is 9.12. The van der Waals surface area contributed by atoms with Crippen LogP contribution in [0.5, 0.6) is 0 Å². The Balaban J connectivity index is 2.12. The Morgan fingerprint density at radius 2 is 1.93 bits per heavy atom. The molecule has 0 amide bonds. The van der Waals surface area contributed by atoms with Gasteiger partial charge in [-0.25, -0.2) is 0 Å². The van der Waals surface area contributed by atoms with E-state index in [9.17, 15) is 4.79 Å². The fourth-order valence-corrected chi connectivity index (χ4v) is 1.94. The maximum atomic E-state index is 10.6. The molecule has 0 atom stereocenters. The molecule has 82 valence electrons. The molecule has 0 unspecified atom stereocenters. The molecular weight excluding hydrogens is 180 g/mol. The summed E-state index contributed by atoms with van der Waals surface area (Å²) in [4.78, 5) is 10.6. The van der Waals surface area contributed by atoms with Crippen LogP contribution < -0.4 is 0 Å².